The molecule has 0 aromatic heterocycles. The fourth-order valence-corrected chi connectivity index (χ4v) is 3.83. The number of hydrogen-bond acceptors (Lipinski definition) is 7. The second-order valence-corrected chi connectivity index (χ2v) is 8.05. The summed E-state index contributed by atoms with van der Waals surface area (Å²) in [6.45, 7) is 1.31. The molecule has 0 aliphatic carbocycles. The van der Waals surface area contributed by atoms with Crippen molar-refractivity contribution in [3.8, 4) is 0 Å². The normalized spacial score (nSPS) is 16.2. The topological polar surface area (TPSA) is 139 Å². The molecule has 3 rings (SSSR count). The molecule has 0 saturated carbocycles. The number of anilines is 1. The first-order valence-electron chi connectivity index (χ1n) is 8.58. The number of amides is 2. The van der Waals surface area contributed by atoms with Crippen molar-refractivity contribution < 1.29 is 22.8 Å². The molecular weight excluding hydrogens is 396 g/mol. The number of carbonyl (C=O) groups excluding carboxylic acids is 3. The molecule has 2 amide bonds. The van der Waals surface area contributed by atoms with E-state index >= 15 is 0 Å². The van der Waals surface area contributed by atoms with Crippen LogP contribution in [0.2, 0.25) is 0 Å². The second-order valence-electron chi connectivity index (χ2n) is 6.37. The van der Waals surface area contributed by atoms with E-state index in [4.69, 9.17) is 5.73 Å². The molecule has 1 heterocycles. The molecule has 29 heavy (non-hydrogen) atoms. The number of nitrogens with two attached hydrogens (primary N) is 1. The standard InChI is InChI=1S/C19H18N4O5S/c1-12(24)13-6-5-9-15(10-13)29(27,28)22-19(26)16-11-17(18(20)25)23(21-16)14-7-3-2-4-8-14/h2-10,17H,11H2,1H3,(H2,20,25)(H,22,26)/t17-/m0/s1. The van der Waals surface area contributed by atoms with Crippen LogP contribution in [0.1, 0.15) is 23.7 Å². The number of primary amides is 1. The Bertz CT molecular complexity index is 1110. The number of benzene rings is 2. The lowest BCUT2D eigenvalue weighted by Gasteiger charge is -2.20. The van der Waals surface area contributed by atoms with E-state index in [1.807, 2.05) is 4.72 Å². The van der Waals surface area contributed by atoms with E-state index in [0.717, 1.165) is 0 Å². The molecule has 3 N–H and O–H groups in total. The van der Waals surface area contributed by atoms with Gasteiger partial charge in [0.25, 0.3) is 15.9 Å². The van der Waals surface area contributed by atoms with Gasteiger partial charge in [-0.2, -0.15) is 5.10 Å². The number of nitrogens with zero attached hydrogens (tertiary/aromatic N) is 2. The van der Waals surface area contributed by atoms with Crippen molar-refractivity contribution in [2.24, 2.45) is 10.8 Å². The van der Waals surface area contributed by atoms with Crippen molar-refractivity contribution in [3.05, 3.63) is 60.2 Å². The Hall–Kier alpha value is -3.53. The van der Waals surface area contributed by atoms with Gasteiger partial charge in [-0.15, -0.1) is 0 Å². The minimum Gasteiger partial charge on any atom is -0.368 e. The van der Waals surface area contributed by atoms with E-state index in [1.54, 1.807) is 30.3 Å². The molecule has 2 aromatic rings. The molecule has 1 aliphatic heterocycles. The highest BCUT2D eigenvalue weighted by Crippen LogP contribution is 2.24. The van der Waals surface area contributed by atoms with Gasteiger partial charge in [0, 0.05) is 12.0 Å². The summed E-state index contributed by atoms with van der Waals surface area (Å²) in [5.41, 5.74) is 6.00. The molecular formula is C19H18N4O5S. The Balaban J connectivity index is 1.85. The Labute approximate surface area is 167 Å². The SMILES string of the molecule is CC(=O)c1cccc(S(=O)(=O)NC(=O)C2=NN(c3ccccc3)[C@H](C(N)=O)C2)c1. The molecule has 0 unspecified atom stereocenters. The van der Waals surface area contributed by atoms with Crippen LogP contribution in [-0.4, -0.2) is 37.8 Å². The molecule has 1 aliphatic rings. The Morgan fingerprint density at radius 1 is 1.10 bits per heavy atom. The first kappa shape index (κ1) is 20.2. The van der Waals surface area contributed by atoms with Crippen LogP contribution in [0, 0.1) is 0 Å². The third kappa shape index (κ3) is 4.32. The molecule has 0 bridgehead atoms. The van der Waals surface area contributed by atoms with E-state index in [2.05, 4.69) is 5.10 Å². The van der Waals surface area contributed by atoms with Gasteiger partial charge in [0.15, 0.2) is 5.78 Å². The summed E-state index contributed by atoms with van der Waals surface area (Å²) >= 11 is 0. The van der Waals surface area contributed by atoms with E-state index in [0.29, 0.717) is 5.69 Å². The predicted molar refractivity (Wildman–Crippen MR) is 106 cm³/mol. The van der Waals surface area contributed by atoms with E-state index in [1.165, 1.54) is 36.2 Å². The van der Waals surface area contributed by atoms with Crippen molar-refractivity contribution in [1.29, 1.82) is 0 Å². The summed E-state index contributed by atoms with van der Waals surface area (Å²) in [4.78, 5) is 35.6. The number of hydrogen-bond donors (Lipinski definition) is 2. The maximum Gasteiger partial charge on any atom is 0.281 e. The highest BCUT2D eigenvalue weighted by atomic mass is 32.2. The summed E-state index contributed by atoms with van der Waals surface area (Å²) in [5.74, 6) is -1.98. The van der Waals surface area contributed by atoms with E-state index < -0.39 is 27.9 Å². The zero-order valence-corrected chi connectivity index (χ0v) is 16.2. The second kappa shape index (κ2) is 7.84. The molecule has 10 heteroatoms. The van der Waals surface area contributed by atoms with Crippen molar-refractivity contribution in [2.45, 2.75) is 24.3 Å². The largest absolute Gasteiger partial charge is 0.368 e. The van der Waals surface area contributed by atoms with Crippen LogP contribution in [-0.2, 0) is 19.6 Å². The van der Waals surface area contributed by atoms with Gasteiger partial charge in [0.05, 0.1) is 10.6 Å². The van der Waals surface area contributed by atoms with Gasteiger partial charge < -0.3 is 5.73 Å². The van der Waals surface area contributed by atoms with Crippen molar-refractivity contribution in [3.63, 3.8) is 0 Å². The van der Waals surface area contributed by atoms with E-state index in [9.17, 15) is 22.8 Å². The average Bonchev–Trinajstić information content (AvgIpc) is 3.14. The first-order chi connectivity index (χ1) is 13.7. The lowest BCUT2D eigenvalue weighted by Crippen LogP contribution is -2.40. The van der Waals surface area contributed by atoms with Gasteiger partial charge in [-0.1, -0.05) is 30.3 Å². The number of carbonyl (C=O) groups is 3. The minimum atomic E-state index is -4.24. The lowest BCUT2D eigenvalue weighted by atomic mass is 10.1. The molecule has 1 atom stereocenters. The molecule has 9 nitrogen and oxygen atoms in total. The van der Waals surface area contributed by atoms with E-state index in [-0.39, 0.29) is 28.4 Å². The Morgan fingerprint density at radius 2 is 1.79 bits per heavy atom. The van der Waals surface area contributed by atoms with Gasteiger partial charge in [0.1, 0.15) is 11.8 Å². The number of sulfonamides is 1. The number of nitrogens with one attached hydrogen (secondary N) is 1. The van der Waals surface area contributed by atoms with Gasteiger partial charge in [-0.25, -0.2) is 13.1 Å². The Kier molecular flexibility index (Phi) is 5.46. The zero-order valence-electron chi connectivity index (χ0n) is 15.4. The molecule has 0 saturated heterocycles. The summed E-state index contributed by atoms with van der Waals surface area (Å²) < 4.78 is 27.0. The maximum absolute atomic E-state index is 12.5. The van der Waals surface area contributed by atoms with Gasteiger partial charge in [-0.3, -0.25) is 19.4 Å². The lowest BCUT2D eigenvalue weighted by molar-refractivity contribution is -0.119. The fraction of sp³-hybridized carbons (Fsp3) is 0.158. The third-order valence-corrected chi connectivity index (χ3v) is 5.63. The highest BCUT2D eigenvalue weighted by molar-refractivity contribution is 7.90. The number of Topliss-reactive ketones (excluding diaryl/α,β-unsaturated/α-hetero) is 1. The van der Waals surface area contributed by atoms with Crippen molar-refractivity contribution in [1.82, 2.24) is 4.72 Å². The van der Waals surface area contributed by atoms with Crippen molar-refractivity contribution >= 4 is 39.0 Å². The minimum absolute atomic E-state index is 0.140. The molecule has 150 valence electrons. The first-order valence-corrected chi connectivity index (χ1v) is 10.1. The monoisotopic (exact) mass is 414 g/mol. The van der Waals surface area contributed by atoms with Crippen LogP contribution in [0.4, 0.5) is 5.69 Å². The van der Waals surface area contributed by atoms with Gasteiger partial charge >= 0.3 is 0 Å². The number of ketones is 1. The van der Waals surface area contributed by atoms with Crippen LogP contribution in [0.3, 0.4) is 0 Å². The summed E-state index contributed by atoms with van der Waals surface area (Å²) in [6, 6.07) is 13.0. The Morgan fingerprint density at radius 3 is 2.41 bits per heavy atom. The number of para-hydroxylation sites is 1. The highest BCUT2D eigenvalue weighted by Gasteiger charge is 2.36. The summed E-state index contributed by atoms with van der Waals surface area (Å²) in [6.07, 6.45) is -0.140. The smallest absolute Gasteiger partial charge is 0.281 e. The molecule has 0 fully saturated rings. The predicted octanol–water partition coefficient (Wildman–Crippen LogP) is 0.814. The third-order valence-electron chi connectivity index (χ3n) is 4.30. The van der Waals surface area contributed by atoms with Crippen LogP contribution >= 0.6 is 0 Å². The van der Waals surface area contributed by atoms with Crippen LogP contribution in [0.5, 0.6) is 0 Å². The molecule has 2 aromatic carbocycles. The maximum atomic E-state index is 12.5. The zero-order chi connectivity index (χ0) is 21.2. The summed E-state index contributed by atoms with van der Waals surface area (Å²) in [5, 5.41) is 5.39. The quantitative estimate of drug-likeness (QED) is 0.671. The molecule has 0 spiro atoms. The van der Waals surface area contributed by atoms with Crippen LogP contribution in [0.25, 0.3) is 0 Å². The number of hydrazone groups is 1. The van der Waals surface area contributed by atoms with Crippen LogP contribution < -0.4 is 15.5 Å². The average molecular weight is 414 g/mol. The fourth-order valence-electron chi connectivity index (χ4n) is 2.81. The van der Waals surface area contributed by atoms with Gasteiger partial charge in [0.2, 0.25) is 5.91 Å². The number of rotatable bonds is 6. The van der Waals surface area contributed by atoms with Crippen LogP contribution in [0.15, 0.2) is 64.6 Å². The summed E-state index contributed by atoms with van der Waals surface area (Å²) in [7, 11) is -4.24. The van der Waals surface area contributed by atoms with Gasteiger partial charge in [-0.05, 0) is 31.2 Å². The molecule has 0 radical (unpaired) electrons. The van der Waals surface area contributed by atoms with Crippen molar-refractivity contribution in [2.75, 3.05) is 5.01 Å².